The van der Waals surface area contributed by atoms with Gasteiger partial charge in [0, 0.05) is 18.9 Å². The summed E-state index contributed by atoms with van der Waals surface area (Å²) >= 11 is 1.28. The molecule has 4 heterocycles. The van der Waals surface area contributed by atoms with Crippen molar-refractivity contribution in [2.45, 2.75) is 65.0 Å². The summed E-state index contributed by atoms with van der Waals surface area (Å²) < 4.78 is 7.18. The van der Waals surface area contributed by atoms with Crippen LogP contribution in [0.3, 0.4) is 0 Å². The van der Waals surface area contributed by atoms with E-state index in [-0.39, 0.29) is 23.4 Å². The molecule has 29 heavy (non-hydrogen) atoms. The van der Waals surface area contributed by atoms with Gasteiger partial charge in [0.1, 0.15) is 16.7 Å². The lowest BCUT2D eigenvalue weighted by atomic mass is 10.0. The van der Waals surface area contributed by atoms with Crippen LogP contribution in [0.1, 0.15) is 77.8 Å². The van der Waals surface area contributed by atoms with Gasteiger partial charge in [-0.05, 0) is 37.7 Å². The van der Waals surface area contributed by atoms with Crippen LogP contribution < -0.4 is 10.9 Å². The lowest BCUT2D eigenvalue weighted by Crippen LogP contribution is -2.32. The number of aryl methyl sites for hydroxylation is 2. The van der Waals surface area contributed by atoms with Crippen molar-refractivity contribution in [2.24, 2.45) is 5.92 Å². The van der Waals surface area contributed by atoms with Gasteiger partial charge in [-0.25, -0.2) is 4.98 Å². The van der Waals surface area contributed by atoms with Crippen LogP contribution in [0.25, 0.3) is 10.2 Å². The molecule has 0 radical (unpaired) electrons. The summed E-state index contributed by atoms with van der Waals surface area (Å²) in [7, 11) is 0. The van der Waals surface area contributed by atoms with Crippen molar-refractivity contribution >= 4 is 27.5 Å². The van der Waals surface area contributed by atoms with Crippen LogP contribution in [0, 0.1) is 12.8 Å². The maximum Gasteiger partial charge on any atom is 0.262 e. The molecule has 1 fully saturated rings. The number of fused-ring (bicyclic) bond motifs is 2. The van der Waals surface area contributed by atoms with Crippen LogP contribution >= 0.6 is 11.3 Å². The van der Waals surface area contributed by atoms with Crippen molar-refractivity contribution in [3.63, 3.8) is 0 Å². The maximum atomic E-state index is 13.1. The van der Waals surface area contributed by atoms with E-state index in [1.165, 1.54) is 11.3 Å². The van der Waals surface area contributed by atoms with Crippen molar-refractivity contribution < 1.29 is 9.32 Å². The molecule has 0 saturated heterocycles. The number of carbonyl (C=O) groups excluding carboxylic acids is 1. The van der Waals surface area contributed by atoms with E-state index in [1.807, 2.05) is 20.8 Å². The molecule has 152 valence electrons. The highest BCUT2D eigenvalue weighted by molar-refractivity contribution is 7.20. The monoisotopic (exact) mass is 413 g/mol. The average molecular weight is 414 g/mol. The Balaban J connectivity index is 1.47. The highest BCUT2D eigenvalue weighted by Crippen LogP contribution is 2.39. The molecule has 3 aromatic heterocycles. The average Bonchev–Trinajstić information content (AvgIpc) is 3.10. The highest BCUT2D eigenvalue weighted by atomic mass is 32.1. The molecule has 8 nitrogen and oxygen atoms in total. The molecule has 3 aromatic rings. The first kappa shape index (κ1) is 18.5. The zero-order valence-corrected chi connectivity index (χ0v) is 17.5. The Hall–Kier alpha value is -2.55. The van der Waals surface area contributed by atoms with E-state index in [1.54, 1.807) is 4.57 Å². The Morgan fingerprint density at radius 3 is 2.83 bits per heavy atom. The molecule has 1 amide bonds. The number of thiophene rings is 1. The fraction of sp³-hybridized carbons (Fsp3) is 0.550. The van der Waals surface area contributed by atoms with Gasteiger partial charge in [-0.2, -0.15) is 4.98 Å². The minimum atomic E-state index is -0.383. The number of amides is 1. The van der Waals surface area contributed by atoms with Crippen LogP contribution in [-0.2, 0) is 13.0 Å². The summed E-state index contributed by atoms with van der Waals surface area (Å²) in [5, 5.41) is 7.67. The second kappa shape index (κ2) is 6.76. The van der Waals surface area contributed by atoms with Gasteiger partial charge in [0.15, 0.2) is 5.82 Å². The summed E-state index contributed by atoms with van der Waals surface area (Å²) in [6, 6.07) is -0.383. The molecule has 0 aromatic carbocycles. The second-order valence-electron chi connectivity index (χ2n) is 8.28. The molecular formula is C20H23N5O3S. The number of rotatable bonds is 5. The molecule has 1 unspecified atom stereocenters. The van der Waals surface area contributed by atoms with E-state index in [0.29, 0.717) is 39.0 Å². The van der Waals surface area contributed by atoms with E-state index in [0.717, 1.165) is 37.3 Å². The SMILES string of the molecule is Cc1c(C(=O)NC(c2nc(C3CC3)no2)C(C)C)sc2nc3n(c(=O)c12)CCC3. The molecule has 5 rings (SSSR count). The smallest absolute Gasteiger partial charge is 0.262 e. The molecule has 2 aliphatic rings. The molecule has 1 aliphatic heterocycles. The number of nitrogens with zero attached hydrogens (tertiary/aromatic N) is 4. The lowest BCUT2D eigenvalue weighted by molar-refractivity contribution is 0.0917. The standard InChI is InChI=1S/C20H23N5O3S/c1-9(2)14(18-23-16(24-28-18)11-6-7-11)22-17(26)15-10(3)13-19(29-15)21-12-5-4-8-25(12)20(13)27/h9,11,14H,4-8H2,1-3H3,(H,22,26). The normalized spacial score (nSPS) is 17.1. The van der Waals surface area contributed by atoms with E-state index < -0.39 is 0 Å². The quantitative estimate of drug-likeness (QED) is 0.689. The fourth-order valence-electron chi connectivity index (χ4n) is 3.89. The predicted octanol–water partition coefficient (Wildman–Crippen LogP) is 3.10. The Morgan fingerprint density at radius 1 is 1.31 bits per heavy atom. The minimum Gasteiger partial charge on any atom is -0.339 e. The van der Waals surface area contributed by atoms with Crippen molar-refractivity contribution in [1.29, 1.82) is 0 Å². The number of nitrogens with one attached hydrogen (secondary N) is 1. The van der Waals surface area contributed by atoms with E-state index in [9.17, 15) is 9.59 Å². The molecule has 1 saturated carbocycles. The molecule has 1 atom stereocenters. The number of aromatic nitrogens is 4. The first-order valence-corrected chi connectivity index (χ1v) is 10.9. The second-order valence-corrected chi connectivity index (χ2v) is 9.28. The van der Waals surface area contributed by atoms with Crippen molar-refractivity contribution in [3.8, 4) is 0 Å². The minimum absolute atomic E-state index is 0.0401. The Labute approximate surface area is 171 Å². The summed E-state index contributed by atoms with van der Waals surface area (Å²) in [6.45, 7) is 6.52. The molecule has 9 heteroatoms. The van der Waals surface area contributed by atoms with Crippen LogP contribution in [0.5, 0.6) is 0 Å². The van der Waals surface area contributed by atoms with Crippen LogP contribution in [0.15, 0.2) is 9.32 Å². The van der Waals surface area contributed by atoms with Gasteiger partial charge >= 0.3 is 0 Å². The molecule has 1 N–H and O–H groups in total. The van der Waals surface area contributed by atoms with Gasteiger partial charge in [0.25, 0.3) is 11.5 Å². The van der Waals surface area contributed by atoms with Gasteiger partial charge in [-0.15, -0.1) is 11.3 Å². The number of carbonyl (C=O) groups is 1. The first-order chi connectivity index (χ1) is 13.9. The first-order valence-electron chi connectivity index (χ1n) is 10.1. The highest BCUT2D eigenvalue weighted by Gasteiger charge is 2.32. The molecule has 0 spiro atoms. The van der Waals surface area contributed by atoms with Gasteiger partial charge in [-0.1, -0.05) is 19.0 Å². The van der Waals surface area contributed by atoms with Crippen molar-refractivity contribution in [3.05, 3.63) is 38.3 Å². The van der Waals surface area contributed by atoms with Gasteiger partial charge in [0.2, 0.25) is 5.89 Å². The van der Waals surface area contributed by atoms with Crippen molar-refractivity contribution in [1.82, 2.24) is 25.0 Å². The Morgan fingerprint density at radius 2 is 2.10 bits per heavy atom. The van der Waals surface area contributed by atoms with Crippen LogP contribution in [0.4, 0.5) is 0 Å². The molecule has 1 aliphatic carbocycles. The zero-order chi connectivity index (χ0) is 20.3. The third-order valence-corrected chi connectivity index (χ3v) is 6.92. The summed E-state index contributed by atoms with van der Waals surface area (Å²) in [5.41, 5.74) is 0.649. The summed E-state index contributed by atoms with van der Waals surface area (Å²) in [6.07, 6.45) is 3.92. The van der Waals surface area contributed by atoms with E-state index >= 15 is 0 Å². The Bertz CT molecular complexity index is 1170. The third-order valence-electron chi connectivity index (χ3n) is 5.74. The largest absolute Gasteiger partial charge is 0.339 e. The summed E-state index contributed by atoms with van der Waals surface area (Å²) in [5.74, 6) is 2.21. The molecule has 0 bridgehead atoms. The number of hydrogen-bond donors (Lipinski definition) is 1. The van der Waals surface area contributed by atoms with E-state index in [4.69, 9.17) is 4.52 Å². The van der Waals surface area contributed by atoms with Gasteiger partial charge < -0.3 is 9.84 Å². The maximum absolute atomic E-state index is 13.1. The van der Waals surface area contributed by atoms with Gasteiger partial charge in [-0.3, -0.25) is 14.2 Å². The number of hydrogen-bond acceptors (Lipinski definition) is 7. The summed E-state index contributed by atoms with van der Waals surface area (Å²) in [4.78, 5) is 36.3. The van der Waals surface area contributed by atoms with Crippen LogP contribution in [-0.4, -0.2) is 25.6 Å². The van der Waals surface area contributed by atoms with Crippen molar-refractivity contribution in [2.75, 3.05) is 0 Å². The topological polar surface area (TPSA) is 103 Å². The fourth-order valence-corrected chi connectivity index (χ4v) is 4.99. The van der Waals surface area contributed by atoms with E-state index in [2.05, 4.69) is 20.4 Å². The predicted molar refractivity (Wildman–Crippen MR) is 108 cm³/mol. The molecular weight excluding hydrogens is 390 g/mol. The van der Waals surface area contributed by atoms with Gasteiger partial charge in [0.05, 0.1) is 10.3 Å². The lowest BCUT2D eigenvalue weighted by Gasteiger charge is -2.18. The van der Waals surface area contributed by atoms with Crippen LogP contribution in [0.2, 0.25) is 0 Å². The Kier molecular flexibility index (Phi) is 4.31. The third kappa shape index (κ3) is 3.08. The zero-order valence-electron chi connectivity index (χ0n) is 16.7.